The van der Waals surface area contributed by atoms with Crippen LogP contribution in [0.1, 0.15) is 30.0 Å². The van der Waals surface area contributed by atoms with Crippen LogP contribution in [0, 0.1) is 5.92 Å². The lowest BCUT2D eigenvalue weighted by Gasteiger charge is -2.33. The van der Waals surface area contributed by atoms with Crippen LogP contribution in [0.4, 0.5) is 5.82 Å². The van der Waals surface area contributed by atoms with Crippen LogP contribution >= 0.6 is 11.6 Å². The van der Waals surface area contributed by atoms with Crippen LogP contribution < -0.4 is 10.2 Å². The van der Waals surface area contributed by atoms with E-state index in [0.29, 0.717) is 5.02 Å². The number of pyridine rings is 1. The van der Waals surface area contributed by atoms with E-state index >= 15 is 0 Å². The second kappa shape index (κ2) is 9.01. The molecule has 3 heterocycles. The fourth-order valence-electron chi connectivity index (χ4n) is 4.32. The molecule has 0 bridgehead atoms. The number of hydrogen-bond acceptors (Lipinski definition) is 4. The lowest BCUT2D eigenvalue weighted by atomic mass is 9.93. The normalized spacial score (nSPS) is 15.6. The van der Waals surface area contributed by atoms with Crippen molar-refractivity contribution in [1.82, 2.24) is 20.3 Å². The van der Waals surface area contributed by atoms with E-state index in [9.17, 15) is 4.79 Å². The topological polar surface area (TPSA) is 73.9 Å². The van der Waals surface area contributed by atoms with Crippen LogP contribution in [-0.2, 0) is 4.79 Å². The number of fused-ring (bicyclic) bond motifs is 1. The Kier molecular flexibility index (Phi) is 5.77. The number of amides is 1. The van der Waals surface area contributed by atoms with Gasteiger partial charge in [-0.25, -0.2) is 9.97 Å². The molecule has 2 aromatic carbocycles. The van der Waals surface area contributed by atoms with Crippen molar-refractivity contribution >= 4 is 34.4 Å². The highest BCUT2D eigenvalue weighted by molar-refractivity contribution is 6.30. The predicted molar refractivity (Wildman–Crippen MR) is 127 cm³/mol. The average molecular weight is 446 g/mol. The zero-order valence-electron chi connectivity index (χ0n) is 17.5. The number of nitrogens with zero attached hydrogens (tertiary/aromatic N) is 3. The largest absolute Gasteiger partial charge is 0.357 e. The molecule has 5 rings (SSSR count). The highest BCUT2D eigenvalue weighted by Crippen LogP contribution is 2.27. The van der Waals surface area contributed by atoms with Gasteiger partial charge < -0.3 is 15.2 Å². The minimum absolute atomic E-state index is 0.0272. The highest BCUT2D eigenvalue weighted by atomic mass is 35.5. The van der Waals surface area contributed by atoms with Gasteiger partial charge in [-0.05, 0) is 48.2 Å². The maximum absolute atomic E-state index is 13.3. The predicted octanol–water partition coefficient (Wildman–Crippen LogP) is 4.73. The molecule has 1 fully saturated rings. The molecule has 1 saturated heterocycles. The van der Waals surface area contributed by atoms with Crippen molar-refractivity contribution in [3.63, 3.8) is 0 Å². The summed E-state index contributed by atoms with van der Waals surface area (Å²) in [6, 6.07) is 19.7. The number of carbonyl (C=O) groups excluding carboxylic acids is 1. The lowest BCUT2D eigenvalue weighted by Crippen LogP contribution is -2.42. The fourth-order valence-corrected chi connectivity index (χ4v) is 4.44. The Labute approximate surface area is 191 Å². The summed E-state index contributed by atoms with van der Waals surface area (Å²) in [4.78, 5) is 27.4. The van der Waals surface area contributed by atoms with E-state index in [2.05, 4.69) is 43.4 Å². The standard InChI is InChI=1S/C25H24ClN5O/c26-20-7-9-23(27-15-20)31-12-10-18(11-13-31)25(32)30-24(17-4-2-1-3-5-17)19-6-8-21-22(14-19)29-16-28-21/h1-9,14-16,18,24H,10-13H2,(H,28,29)(H,30,32). The van der Waals surface area contributed by atoms with Gasteiger partial charge in [0, 0.05) is 25.2 Å². The summed E-state index contributed by atoms with van der Waals surface area (Å²) in [5, 5.41) is 3.94. The molecule has 1 aliphatic heterocycles. The molecule has 1 amide bonds. The number of H-pyrrole nitrogens is 1. The number of nitrogens with one attached hydrogen (secondary N) is 2. The Balaban J connectivity index is 1.31. The number of carbonyl (C=O) groups is 1. The number of hydrogen-bond donors (Lipinski definition) is 2. The average Bonchev–Trinajstić information content (AvgIpc) is 3.31. The summed E-state index contributed by atoms with van der Waals surface area (Å²) in [6.45, 7) is 1.59. The van der Waals surface area contributed by atoms with Gasteiger partial charge in [0.15, 0.2) is 0 Å². The van der Waals surface area contributed by atoms with E-state index in [-0.39, 0.29) is 17.9 Å². The van der Waals surface area contributed by atoms with Gasteiger partial charge in [0.1, 0.15) is 5.82 Å². The van der Waals surface area contributed by atoms with Crippen molar-refractivity contribution in [2.75, 3.05) is 18.0 Å². The smallest absolute Gasteiger partial charge is 0.223 e. The molecular formula is C25H24ClN5O. The fraction of sp³-hybridized carbons (Fsp3) is 0.240. The maximum atomic E-state index is 13.3. The van der Waals surface area contributed by atoms with Crippen LogP contribution in [0.5, 0.6) is 0 Å². The van der Waals surface area contributed by atoms with Crippen LogP contribution in [0.2, 0.25) is 5.02 Å². The summed E-state index contributed by atoms with van der Waals surface area (Å²) >= 11 is 5.95. The molecule has 1 unspecified atom stereocenters. The molecular weight excluding hydrogens is 422 g/mol. The second-order valence-corrected chi connectivity index (χ2v) is 8.56. The summed E-state index contributed by atoms with van der Waals surface area (Å²) < 4.78 is 0. The minimum Gasteiger partial charge on any atom is -0.357 e. The number of aromatic nitrogens is 3. The summed E-state index contributed by atoms with van der Waals surface area (Å²) in [6.07, 6.45) is 4.93. The number of halogens is 1. The monoisotopic (exact) mass is 445 g/mol. The molecule has 0 aliphatic carbocycles. The third-order valence-corrected chi connectivity index (χ3v) is 6.32. The van der Waals surface area contributed by atoms with Gasteiger partial charge in [0.25, 0.3) is 0 Å². The number of aromatic amines is 1. The second-order valence-electron chi connectivity index (χ2n) is 8.13. The van der Waals surface area contributed by atoms with Gasteiger partial charge in [-0.15, -0.1) is 0 Å². The first-order chi connectivity index (χ1) is 15.7. The Morgan fingerprint density at radius 1 is 1.03 bits per heavy atom. The number of imidazole rings is 1. The number of anilines is 1. The van der Waals surface area contributed by atoms with E-state index in [0.717, 1.165) is 53.9 Å². The zero-order valence-corrected chi connectivity index (χ0v) is 18.3. The molecule has 6 nitrogen and oxygen atoms in total. The Bertz CT molecular complexity index is 1200. The molecule has 4 aromatic rings. The van der Waals surface area contributed by atoms with Crippen molar-refractivity contribution in [1.29, 1.82) is 0 Å². The van der Waals surface area contributed by atoms with Crippen molar-refractivity contribution in [3.05, 3.63) is 89.3 Å². The first-order valence-electron chi connectivity index (χ1n) is 10.8. The van der Waals surface area contributed by atoms with Gasteiger partial charge in [-0.2, -0.15) is 0 Å². The van der Waals surface area contributed by atoms with Gasteiger partial charge in [-0.1, -0.05) is 48.0 Å². The molecule has 0 radical (unpaired) electrons. The van der Waals surface area contributed by atoms with Gasteiger partial charge in [0.2, 0.25) is 5.91 Å². The molecule has 32 heavy (non-hydrogen) atoms. The van der Waals surface area contributed by atoms with E-state index in [1.54, 1.807) is 12.5 Å². The number of piperidine rings is 1. The van der Waals surface area contributed by atoms with Crippen LogP contribution in [0.15, 0.2) is 73.2 Å². The summed E-state index contributed by atoms with van der Waals surface area (Å²) in [5.41, 5.74) is 3.96. The first-order valence-corrected chi connectivity index (χ1v) is 11.2. The lowest BCUT2D eigenvalue weighted by molar-refractivity contribution is -0.126. The van der Waals surface area contributed by atoms with Crippen LogP contribution in [-0.4, -0.2) is 33.9 Å². The summed E-state index contributed by atoms with van der Waals surface area (Å²) in [7, 11) is 0. The third-order valence-electron chi connectivity index (χ3n) is 6.10. The quantitative estimate of drug-likeness (QED) is 0.465. The van der Waals surface area contributed by atoms with E-state index < -0.39 is 0 Å². The van der Waals surface area contributed by atoms with Crippen LogP contribution in [0.3, 0.4) is 0 Å². The first kappa shape index (κ1) is 20.5. The molecule has 1 atom stereocenters. The third kappa shape index (κ3) is 4.32. The Morgan fingerprint density at radius 3 is 2.59 bits per heavy atom. The molecule has 7 heteroatoms. The van der Waals surface area contributed by atoms with Crippen molar-refractivity contribution < 1.29 is 4.79 Å². The zero-order chi connectivity index (χ0) is 21.9. The van der Waals surface area contributed by atoms with E-state index in [4.69, 9.17) is 11.6 Å². The van der Waals surface area contributed by atoms with Gasteiger partial charge >= 0.3 is 0 Å². The summed E-state index contributed by atoms with van der Waals surface area (Å²) in [5.74, 6) is 0.969. The maximum Gasteiger partial charge on any atom is 0.223 e. The molecule has 162 valence electrons. The van der Waals surface area contributed by atoms with Crippen molar-refractivity contribution in [3.8, 4) is 0 Å². The number of benzene rings is 2. The van der Waals surface area contributed by atoms with Gasteiger partial charge in [0.05, 0.1) is 28.4 Å². The van der Waals surface area contributed by atoms with Crippen LogP contribution in [0.25, 0.3) is 11.0 Å². The van der Waals surface area contributed by atoms with E-state index in [1.807, 2.05) is 42.5 Å². The van der Waals surface area contributed by atoms with E-state index in [1.165, 1.54) is 0 Å². The molecule has 1 aliphatic rings. The highest BCUT2D eigenvalue weighted by Gasteiger charge is 2.28. The Morgan fingerprint density at radius 2 is 1.84 bits per heavy atom. The minimum atomic E-state index is -0.215. The van der Waals surface area contributed by atoms with Crippen molar-refractivity contribution in [2.24, 2.45) is 5.92 Å². The molecule has 2 aromatic heterocycles. The number of rotatable bonds is 5. The molecule has 0 spiro atoms. The molecule has 2 N–H and O–H groups in total. The Hall–Kier alpha value is -3.38. The van der Waals surface area contributed by atoms with Gasteiger partial charge in [-0.3, -0.25) is 4.79 Å². The molecule has 0 saturated carbocycles. The van der Waals surface area contributed by atoms with Crippen molar-refractivity contribution in [2.45, 2.75) is 18.9 Å². The SMILES string of the molecule is O=C(NC(c1ccccc1)c1ccc2nc[nH]c2c1)C1CCN(c2ccc(Cl)cn2)CC1.